The number of rotatable bonds is 4. The summed E-state index contributed by atoms with van der Waals surface area (Å²) in [4.78, 5) is 2.47. The molecule has 0 saturated carbocycles. The zero-order valence-corrected chi connectivity index (χ0v) is 19.3. The summed E-state index contributed by atoms with van der Waals surface area (Å²) < 4.78 is 40.9. The molecule has 0 aromatic heterocycles. The molecule has 2 aliphatic heterocycles. The molecule has 0 bridgehead atoms. The van der Waals surface area contributed by atoms with Gasteiger partial charge in [0.2, 0.25) is 10.0 Å². The number of nitrogens with zero attached hydrogens (tertiary/aromatic N) is 2. The van der Waals surface area contributed by atoms with Crippen LogP contribution >= 0.6 is 23.2 Å². The topological polar surface area (TPSA) is 60.9 Å². The lowest BCUT2D eigenvalue weighted by Gasteiger charge is -2.44. The summed E-state index contributed by atoms with van der Waals surface area (Å²) in [5, 5.41) is 11.3. The van der Waals surface area contributed by atoms with Crippen molar-refractivity contribution in [2.45, 2.75) is 42.2 Å². The number of sulfonamides is 1. The Morgan fingerprint density at radius 2 is 1.61 bits per heavy atom. The number of halogens is 3. The highest BCUT2D eigenvalue weighted by Gasteiger charge is 2.38. The van der Waals surface area contributed by atoms with Crippen molar-refractivity contribution in [2.24, 2.45) is 0 Å². The average molecular weight is 487 g/mol. The first-order valence-corrected chi connectivity index (χ1v) is 12.6. The van der Waals surface area contributed by atoms with Gasteiger partial charge in [-0.15, -0.1) is 0 Å². The van der Waals surface area contributed by atoms with Crippen LogP contribution in [-0.2, 0) is 15.6 Å². The molecule has 2 aliphatic rings. The molecule has 2 fully saturated rings. The standard InChI is InChI=1S/C22H25Cl2FN2O3S/c23-18-3-1-2-4-21(18)31(29,30)27-11-7-17(8-12-27)26-13-9-22(28,10-14-26)16-5-6-20(25)19(24)15-16/h1-6,15,17,28H,7-14H2. The van der Waals surface area contributed by atoms with Crippen LogP contribution in [0.25, 0.3) is 0 Å². The van der Waals surface area contributed by atoms with Crippen molar-refractivity contribution in [3.8, 4) is 0 Å². The van der Waals surface area contributed by atoms with Crippen LogP contribution in [0.1, 0.15) is 31.2 Å². The van der Waals surface area contributed by atoms with Gasteiger partial charge in [0.25, 0.3) is 0 Å². The zero-order valence-electron chi connectivity index (χ0n) is 17.0. The molecule has 0 aliphatic carbocycles. The monoisotopic (exact) mass is 486 g/mol. The molecule has 0 radical (unpaired) electrons. The minimum Gasteiger partial charge on any atom is -0.385 e. The van der Waals surface area contributed by atoms with Crippen molar-refractivity contribution >= 4 is 33.2 Å². The second-order valence-electron chi connectivity index (χ2n) is 8.26. The van der Waals surface area contributed by atoms with Crippen molar-refractivity contribution in [1.82, 2.24) is 9.21 Å². The summed E-state index contributed by atoms with van der Waals surface area (Å²) in [6.45, 7) is 2.25. The Labute approximate surface area is 192 Å². The van der Waals surface area contributed by atoms with Crippen molar-refractivity contribution in [3.63, 3.8) is 0 Å². The summed E-state index contributed by atoms with van der Waals surface area (Å²) >= 11 is 12.0. The lowest BCUT2D eigenvalue weighted by molar-refractivity contribution is -0.0401. The Hall–Kier alpha value is -1.22. The third kappa shape index (κ3) is 4.63. The molecule has 0 amide bonds. The van der Waals surface area contributed by atoms with Gasteiger partial charge < -0.3 is 10.0 Å². The molecule has 0 spiro atoms. The van der Waals surface area contributed by atoms with E-state index < -0.39 is 21.4 Å². The van der Waals surface area contributed by atoms with Crippen molar-refractivity contribution in [3.05, 3.63) is 63.9 Å². The van der Waals surface area contributed by atoms with E-state index in [4.69, 9.17) is 23.2 Å². The van der Waals surface area contributed by atoms with Crippen LogP contribution in [0.4, 0.5) is 4.39 Å². The van der Waals surface area contributed by atoms with Gasteiger partial charge in [0.1, 0.15) is 10.7 Å². The fourth-order valence-corrected chi connectivity index (χ4v) is 6.72. The molecule has 4 rings (SSSR count). The molecule has 168 valence electrons. The van der Waals surface area contributed by atoms with Crippen LogP contribution in [0.2, 0.25) is 10.0 Å². The summed E-state index contributed by atoms with van der Waals surface area (Å²) in [5.74, 6) is -0.495. The third-order valence-electron chi connectivity index (χ3n) is 6.48. The molecule has 1 N–H and O–H groups in total. The van der Waals surface area contributed by atoms with Crippen LogP contribution < -0.4 is 0 Å². The first kappa shape index (κ1) is 23.0. The van der Waals surface area contributed by atoms with Crippen molar-refractivity contribution < 1.29 is 17.9 Å². The molecular formula is C22H25Cl2FN2O3S. The molecule has 0 unspecified atom stereocenters. The number of aliphatic hydroxyl groups is 1. The van der Waals surface area contributed by atoms with E-state index in [2.05, 4.69) is 4.90 Å². The molecule has 31 heavy (non-hydrogen) atoms. The number of hydrogen-bond donors (Lipinski definition) is 1. The maximum absolute atomic E-state index is 13.5. The van der Waals surface area contributed by atoms with Gasteiger partial charge in [-0.25, -0.2) is 12.8 Å². The first-order valence-electron chi connectivity index (χ1n) is 10.4. The fourth-order valence-electron chi connectivity index (χ4n) is 4.57. The molecule has 9 heteroatoms. The Balaban J connectivity index is 1.36. The second-order valence-corrected chi connectivity index (χ2v) is 11.0. The lowest BCUT2D eigenvalue weighted by atomic mass is 9.83. The van der Waals surface area contributed by atoms with E-state index in [1.807, 2.05) is 0 Å². The van der Waals surface area contributed by atoms with Gasteiger partial charge in [-0.05, 0) is 55.5 Å². The number of likely N-dealkylation sites (tertiary alicyclic amines) is 1. The molecular weight excluding hydrogens is 462 g/mol. The van der Waals surface area contributed by atoms with Crippen LogP contribution in [-0.4, -0.2) is 55.0 Å². The Bertz CT molecular complexity index is 1050. The number of hydrogen-bond acceptors (Lipinski definition) is 4. The maximum atomic E-state index is 13.5. The SMILES string of the molecule is O=S(=O)(c1ccccc1Cl)N1CCC(N2CCC(O)(c3ccc(F)c(Cl)c3)CC2)CC1. The van der Waals surface area contributed by atoms with Gasteiger partial charge in [0, 0.05) is 32.2 Å². The molecule has 2 aromatic rings. The summed E-state index contributed by atoms with van der Waals surface area (Å²) in [5.41, 5.74) is -0.388. The largest absolute Gasteiger partial charge is 0.385 e. The molecule has 0 atom stereocenters. The Kier molecular flexibility index (Phi) is 6.64. The van der Waals surface area contributed by atoms with E-state index in [9.17, 15) is 17.9 Å². The number of piperidine rings is 2. The van der Waals surface area contributed by atoms with Gasteiger partial charge in [-0.2, -0.15) is 4.31 Å². The molecule has 2 saturated heterocycles. The fraction of sp³-hybridized carbons (Fsp3) is 0.455. The smallest absolute Gasteiger partial charge is 0.244 e. The van der Waals surface area contributed by atoms with E-state index in [0.29, 0.717) is 44.6 Å². The predicted molar refractivity (Wildman–Crippen MR) is 119 cm³/mol. The zero-order chi connectivity index (χ0) is 22.2. The normalized spacial score (nSPS) is 21.3. The van der Waals surface area contributed by atoms with Gasteiger partial charge in [0.05, 0.1) is 15.6 Å². The summed E-state index contributed by atoms with van der Waals surface area (Å²) in [6, 6.07) is 11.2. The van der Waals surface area contributed by atoms with Crippen LogP contribution in [0.5, 0.6) is 0 Å². The lowest BCUT2D eigenvalue weighted by Crippen LogP contribution is -2.51. The third-order valence-corrected chi connectivity index (χ3v) is 9.16. The quantitative estimate of drug-likeness (QED) is 0.700. The van der Waals surface area contributed by atoms with E-state index in [0.717, 1.165) is 12.8 Å². The molecule has 2 aromatic carbocycles. The van der Waals surface area contributed by atoms with E-state index in [1.165, 1.54) is 22.5 Å². The molecule has 5 nitrogen and oxygen atoms in total. The Morgan fingerprint density at radius 1 is 0.968 bits per heavy atom. The van der Waals surface area contributed by atoms with Gasteiger partial charge in [-0.3, -0.25) is 0 Å². The maximum Gasteiger partial charge on any atom is 0.244 e. The van der Waals surface area contributed by atoms with E-state index >= 15 is 0 Å². The summed E-state index contributed by atoms with van der Waals surface area (Å²) in [7, 11) is -3.61. The van der Waals surface area contributed by atoms with Gasteiger partial charge >= 0.3 is 0 Å². The van der Waals surface area contributed by atoms with Crippen LogP contribution in [0.15, 0.2) is 47.4 Å². The second kappa shape index (κ2) is 8.96. The van der Waals surface area contributed by atoms with Gasteiger partial charge in [0.15, 0.2) is 0 Å². The number of benzene rings is 2. The first-order chi connectivity index (χ1) is 14.7. The summed E-state index contributed by atoms with van der Waals surface area (Å²) in [6.07, 6.45) is 2.50. The van der Waals surface area contributed by atoms with Crippen LogP contribution in [0.3, 0.4) is 0 Å². The molecule has 2 heterocycles. The van der Waals surface area contributed by atoms with E-state index in [-0.39, 0.29) is 21.0 Å². The van der Waals surface area contributed by atoms with Crippen molar-refractivity contribution in [1.29, 1.82) is 0 Å². The van der Waals surface area contributed by atoms with Crippen LogP contribution in [0, 0.1) is 5.82 Å². The predicted octanol–water partition coefficient (Wildman–Crippen LogP) is 4.27. The average Bonchev–Trinajstić information content (AvgIpc) is 2.76. The highest BCUT2D eigenvalue weighted by molar-refractivity contribution is 7.89. The highest BCUT2D eigenvalue weighted by Crippen LogP contribution is 2.36. The highest BCUT2D eigenvalue weighted by atomic mass is 35.5. The van der Waals surface area contributed by atoms with Crippen molar-refractivity contribution in [2.75, 3.05) is 26.2 Å². The minimum absolute atomic E-state index is 0.0143. The van der Waals surface area contributed by atoms with Gasteiger partial charge in [-0.1, -0.05) is 41.4 Å². The minimum atomic E-state index is -3.61. The Morgan fingerprint density at radius 3 is 2.23 bits per heavy atom. The van der Waals surface area contributed by atoms with E-state index in [1.54, 1.807) is 24.3 Å².